The Hall–Kier alpha value is -0.630. The van der Waals surface area contributed by atoms with Crippen LogP contribution in [0.2, 0.25) is 0 Å². The Bertz CT molecular complexity index is 334. The van der Waals surface area contributed by atoms with Crippen molar-refractivity contribution in [1.82, 2.24) is 0 Å². The fraction of sp³-hybridized carbons (Fsp3) is 0.812. The summed E-state index contributed by atoms with van der Waals surface area (Å²) in [6, 6.07) is 0. The van der Waals surface area contributed by atoms with Crippen molar-refractivity contribution in [2.24, 2.45) is 23.7 Å². The minimum atomic E-state index is 0.195. The molecule has 102 valence electrons. The van der Waals surface area contributed by atoms with Crippen molar-refractivity contribution in [3.8, 4) is 0 Å². The maximum atomic E-state index is 11.3. The van der Waals surface area contributed by atoms with Crippen molar-refractivity contribution >= 4 is 5.78 Å². The lowest BCUT2D eigenvalue weighted by atomic mass is 9.67. The van der Waals surface area contributed by atoms with Crippen LogP contribution in [-0.2, 0) is 9.53 Å². The fourth-order valence-electron chi connectivity index (χ4n) is 3.42. The third-order valence-corrected chi connectivity index (χ3v) is 5.00. The molecule has 0 aromatic heterocycles. The molecule has 1 aliphatic heterocycles. The predicted molar refractivity (Wildman–Crippen MR) is 73.3 cm³/mol. The highest BCUT2D eigenvalue weighted by Crippen LogP contribution is 2.47. The van der Waals surface area contributed by atoms with Crippen molar-refractivity contribution in [1.29, 1.82) is 0 Å². The van der Waals surface area contributed by atoms with E-state index >= 15 is 0 Å². The summed E-state index contributed by atoms with van der Waals surface area (Å²) in [6.45, 7) is 8.97. The van der Waals surface area contributed by atoms with Gasteiger partial charge in [-0.2, -0.15) is 0 Å². The zero-order valence-corrected chi connectivity index (χ0v) is 12.1. The van der Waals surface area contributed by atoms with Gasteiger partial charge in [-0.15, -0.1) is 0 Å². The highest BCUT2D eigenvalue weighted by molar-refractivity contribution is 5.89. The molecule has 0 spiro atoms. The van der Waals surface area contributed by atoms with Gasteiger partial charge in [-0.25, -0.2) is 0 Å². The molecule has 3 unspecified atom stereocenters. The van der Waals surface area contributed by atoms with Gasteiger partial charge in [0.05, 0.1) is 6.10 Å². The van der Waals surface area contributed by atoms with Crippen LogP contribution in [0.25, 0.3) is 0 Å². The molecule has 0 radical (unpaired) electrons. The summed E-state index contributed by atoms with van der Waals surface area (Å²) in [5, 5.41) is 0. The SMILES string of the molecule is CCC(=O)/C=C/[C@H]1O[C@H]1C1C(C)CCC(C)[C@H]1C. The van der Waals surface area contributed by atoms with Crippen molar-refractivity contribution in [2.75, 3.05) is 0 Å². The molecular weight excluding hydrogens is 224 g/mol. The summed E-state index contributed by atoms with van der Waals surface area (Å²) in [5.41, 5.74) is 0. The number of allylic oxidation sites excluding steroid dienone is 1. The number of carbonyl (C=O) groups is 1. The van der Waals surface area contributed by atoms with Gasteiger partial charge in [0.1, 0.15) is 6.10 Å². The Morgan fingerprint density at radius 3 is 2.56 bits per heavy atom. The summed E-state index contributed by atoms with van der Waals surface area (Å²) in [5.74, 6) is 3.15. The van der Waals surface area contributed by atoms with E-state index in [2.05, 4.69) is 20.8 Å². The lowest BCUT2D eigenvalue weighted by Crippen LogP contribution is -2.34. The van der Waals surface area contributed by atoms with Crippen molar-refractivity contribution in [3.05, 3.63) is 12.2 Å². The van der Waals surface area contributed by atoms with Crippen molar-refractivity contribution in [2.45, 2.75) is 59.2 Å². The lowest BCUT2D eigenvalue weighted by Gasteiger charge is -2.38. The normalized spacial score (nSPS) is 44.2. The summed E-state index contributed by atoms with van der Waals surface area (Å²) in [7, 11) is 0. The molecule has 0 aromatic rings. The maximum absolute atomic E-state index is 11.3. The van der Waals surface area contributed by atoms with Crippen LogP contribution in [0.3, 0.4) is 0 Å². The Morgan fingerprint density at radius 1 is 1.22 bits per heavy atom. The second-order valence-corrected chi connectivity index (χ2v) is 6.21. The van der Waals surface area contributed by atoms with E-state index in [-0.39, 0.29) is 11.9 Å². The average molecular weight is 250 g/mol. The van der Waals surface area contributed by atoms with Crippen LogP contribution in [-0.4, -0.2) is 18.0 Å². The molecule has 2 aliphatic rings. The molecule has 2 nitrogen and oxygen atoms in total. The highest BCUT2D eigenvalue weighted by Gasteiger charge is 2.49. The van der Waals surface area contributed by atoms with Gasteiger partial charge in [-0.05, 0) is 35.8 Å². The highest BCUT2D eigenvalue weighted by atomic mass is 16.6. The van der Waals surface area contributed by atoms with E-state index in [0.717, 1.165) is 17.8 Å². The number of hydrogen-bond acceptors (Lipinski definition) is 2. The summed E-state index contributed by atoms with van der Waals surface area (Å²) in [4.78, 5) is 11.3. The number of rotatable bonds is 4. The first-order chi connectivity index (χ1) is 8.54. The molecule has 1 saturated carbocycles. The van der Waals surface area contributed by atoms with Gasteiger partial charge in [-0.3, -0.25) is 4.79 Å². The van der Waals surface area contributed by atoms with Gasteiger partial charge in [0.2, 0.25) is 0 Å². The molecule has 0 N–H and O–H groups in total. The molecule has 18 heavy (non-hydrogen) atoms. The Morgan fingerprint density at radius 2 is 1.89 bits per heavy atom. The van der Waals surface area contributed by atoms with Crippen LogP contribution >= 0.6 is 0 Å². The van der Waals surface area contributed by atoms with Gasteiger partial charge in [0.15, 0.2) is 5.78 Å². The van der Waals surface area contributed by atoms with Gasteiger partial charge in [0.25, 0.3) is 0 Å². The smallest absolute Gasteiger partial charge is 0.155 e. The van der Waals surface area contributed by atoms with Crippen LogP contribution in [0.4, 0.5) is 0 Å². The average Bonchev–Trinajstić information content (AvgIpc) is 3.11. The summed E-state index contributed by atoms with van der Waals surface area (Å²) < 4.78 is 5.80. The van der Waals surface area contributed by atoms with Crippen LogP contribution in [0, 0.1) is 23.7 Å². The number of hydrogen-bond donors (Lipinski definition) is 0. The van der Waals surface area contributed by atoms with Gasteiger partial charge in [0, 0.05) is 6.42 Å². The molecule has 0 amide bonds. The van der Waals surface area contributed by atoms with Gasteiger partial charge < -0.3 is 4.74 Å². The topological polar surface area (TPSA) is 29.6 Å². The first-order valence-electron chi connectivity index (χ1n) is 7.41. The van der Waals surface area contributed by atoms with E-state index in [1.807, 2.05) is 13.0 Å². The number of carbonyl (C=O) groups excluding carboxylic acids is 1. The second-order valence-electron chi connectivity index (χ2n) is 6.21. The predicted octanol–water partition coefficient (Wildman–Crippen LogP) is 3.61. The van der Waals surface area contributed by atoms with Crippen molar-refractivity contribution in [3.63, 3.8) is 0 Å². The molecule has 1 aliphatic carbocycles. The molecule has 1 saturated heterocycles. The summed E-state index contributed by atoms with van der Waals surface area (Å²) in [6.07, 6.45) is 7.47. The Balaban J connectivity index is 1.93. The van der Waals surface area contributed by atoms with Crippen LogP contribution in [0.5, 0.6) is 0 Å². The van der Waals surface area contributed by atoms with Crippen LogP contribution in [0.1, 0.15) is 47.0 Å². The Kier molecular flexibility index (Phi) is 4.26. The zero-order chi connectivity index (χ0) is 13.3. The molecule has 2 rings (SSSR count). The number of ether oxygens (including phenoxy) is 1. The standard InChI is InChI=1S/C16H26O2/c1-5-13(17)8-9-14-16(18-14)15-11(3)7-6-10(2)12(15)4/h8-12,14-16H,5-7H2,1-4H3/b9-8+/t10?,11?,12-,14-,15?,16-/m1/s1. The first-order valence-corrected chi connectivity index (χ1v) is 7.41. The van der Waals surface area contributed by atoms with E-state index in [0.29, 0.717) is 18.4 Å². The quantitative estimate of drug-likeness (QED) is 0.563. The van der Waals surface area contributed by atoms with E-state index in [4.69, 9.17) is 4.74 Å². The number of ketones is 1. The zero-order valence-electron chi connectivity index (χ0n) is 12.1. The van der Waals surface area contributed by atoms with E-state index in [1.54, 1.807) is 6.08 Å². The summed E-state index contributed by atoms with van der Waals surface area (Å²) >= 11 is 0. The minimum absolute atomic E-state index is 0.195. The molecule has 2 fully saturated rings. The third kappa shape index (κ3) is 2.85. The van der Waals surface area contributed by atoms with E-state index in [1.165, 1.54) is 12.8 Å². The fourth-order valence-corrected chi connectivity index (χ4v) is 3.42. The van der Waals surface area contributed by atoms with E-state index < -0.39 is 0 Å². The molecule has 0 bridgehead atoms. The lowest BCUT2D eigenvalue weighted by molar-refractivity contribution is -0.114. The third-order valence-electron chi connectivity index (χ3n) is 5.00. The molecule has 0 aromatic carbocycles. The van der Waals surface area contributed by atoms with Crippen LogP contribution < -0.4 is 0 Å². The van der Waals surface area contributed by atoms with Gasteiger partial charge in [-0.1, -0.05) is 40.5 Å². The second kappa shape index (κ2) is 5.56. The minimum Gasteiger partial charge on any atom is -0.365 e. The van der Waals surface area contributed by atoms with E-state index in [9.17, 15) is 4.79 Å². The molecular formula is C16H26O2. The molecule has 6 atom stereocenters. The number of epoxide rings is 1. The van der Waals surface area contributed by atoms with Gasteiger partial charge >= 0.3 is 0 Å². The molecule has 2 heteroatoms. The first kappa shape index (κ1) is 13.8. The monoisotopic (exact) mass is 250 g/mol. The largest absolute Gasteiger partial charge is 0.365 e. The van der Waals surface area contributed by atoms with Crippen LogP contribution in [0.15, 0.2) is 12.2 Å². The maximum Gasteiger partial charge on any atom is 0.155 e. The Labute approximate surface area is 111 Å². The van der Waals surface area contributed by atoms with Crippen molar-refractivity contribution < 1.29 is 9.53 Å². The molecule has 1 heterocycles.